The average molecular weight is 341 g/mol. The van der Waals surface area contributed by atoms with Crippen molar-refractivity contribution in [2.45, 2.75) is 71.3 Å². The van der Waals surface area contributed by atoms with E-state index < -0.39 is 5.60 Å². The zero-order chi connectivity index (χ0) is 17.8. The van der Waals surface area contributed by atoms with Crippen molar-refractivity contribution >= 4 is 11.7 Å². The van der Waals surface area contributed by atoms with E-state index in [9.17, 15) is 4.79 Å². The first kappa shape index (κ1) is 16.9. The number of nitrogens with two attached hydrogens (primary N) is 1. The minimum atomic E-state index is -0.482. The lowest BCUT2D eigenvalue weighted by Gasteiger charge is -2.57. The second-order valence-electron chi connectivity index (χ2n) is 10.0. The van der Waals surface area contributed by atoms with Gasteiger partial charge in [0.15, 0.2) is 0 Å². The van der Waals surface area contributed by atoms with Gasteiger partial charge in [-0.3, -0.25) is 0 Å². The van der Waals surface area contributed by atoms with Gasteiger partial charge < -0.3 is 10.5 Å². The molecule has 0 unspecified atom stereocenters. The Kier molecular flexibility index (Phi) is 3.90. The first-order valence-electron chi connectivity index (χ1n) is 9.83. The number of nitrogen functional groups attached to an aromatic ring is 1. The molecule has 0 amide bonds. The number of carbonyl (C=O) groups is 1. The molecule has 2 N–H and O–H groups in total. The normalized spacial score (nSPS) is 33.5. The molecular formula is C22H31NO2. The lowest BCUT2D eigenvalue weighted by Crippen LogP contribution is -2.47. The molecule has 0 atom stereocenters. The predicted molar refractivity (Wildman–Crippen MR) is 100 cm³/mol. The molecule has 25 heavy (non-hydrogen) atoms. The largest absolute Gasteiger partial charge is 0.456 e. The maximum absolute atomic E-state index is 12.3. The highest BCUT2D eigenvalue weighted by atomic mass is 16.6. The van der Waals surface area contributed by atoms with Gasteiger partial charge in [0, 0.05) is 5.69 Å². The Hall–Kier alpha value is -1.51. The summed E-state index contributed by atoms with van der Waals surface area (Å²) in [6, 6.07) is 5.76. The number of carbonyl (C=O) groups excluding carboxylic acids is 1. The second-order valence-corrected chi connectivity index (χ2v) is 10.0. The number of rotatable bonds is 3. The van der Waals surface area contributed by atoms with Crippen LogP contribution in [-0.2, 0) is 11.2 Å². The molecule has 4 aliphatic rings. The molecule has 4 fully saturated rings. The maximum atomic E-state index is 12.3. The SMILES string of the molecule is CC(C)(C)OC(=O)c1ccc(CC23CC4CC(CC(C4)C2)C3)c(N)c1. The molecule has 4 bridgehead atoms. The van der Waals surface area contributed by atoms with Crippen LogP contribution >= 0.6 is 0 Å². The fourth-order valence-electron chi connectivity index (χ4n) is 6.13. The molecule has 3 nitrogen and oxygen atoms in total. The zero-order valence-corrected chi connectivity index (χ0v) is 15.8. The summed E-state index contributed by atoms with van der Waals surface area (Å²) in [5, 5.41) is 0. The van der Waals surface area contributed by atoms with E-state index in [1.807, 2.05) is 32.9 Å². The second kappa shape index (κ2) is 5.75. The minimum absolute atomic E-state index is 0.291. The summed E-state index contributed by atoms with van der Waals surface area (Å²) in [5.74, 6) is 2.57. The number of esters is 1. The number of ether oxygens (including phenoxy) is 1. The van der Waals surface area contributed by atoms with Gasteiger partial charge in [0.05, 0.1) is 5.56 Å². The Bertz CT molecular complexity index is 650. The van der Waals surface area contributed by atoms with Gasteiger partial charge in [-0.2, -0.15) is 0 Å². The summed E-state index contributed by atoms with van der Waals surface area (Å²) in [7, 11) is 0. The molecule has 1 aromatic rings. The van der Waals surface area contributed by atoms with E-state index in [1.54, 1.807) is 0 Å². The highest BCUT2D eigenvalue weighted by Crippen LogP contribution is 2.61. The molecule has 0 aliphatic heterocycles. The van der Waals surface area contributed by atoms with Crippen molar-refractivity contribution in [1.29, 1.82) is 0 Å². The van der Waals surface area contributed by atoms with E-state index in [4.69, 9.17) is 10.5 Å². The van der Waals surface area contributed by atoms with Crippen LogP contribution in [0.1, 0.15) is 75.2 Å². The van der Waals surface area contributed by atoms with Gasteiger partial charge in [-0.25, -0.2) is 4.79 Å². The van der Waals surface area contributed by atoms with E-state index >= 15 is 0 Å². The summed E-state index contributed by atoms with van der Waals surface area (Å²) in [4.78, 5) is 12.3. The average Bonchev–Trinajstić information content (AvgIpc) is 2.46. The highest BCUT2D eigenvalue weighted by molar-refractivity contribution is 5.91. The third-order valence-corrected chi connectivity index (χ3v) is 6.51. The van der Waals surface area contributed by atoms with Crippen molar-refractivity contribution in [1.82, 2.24) is 0 Å². The molecule has 5 rings (SSSR count). The van der Waals surface area contributed by atoms with Crippen LogP contribution in [0, 0.1) is 23.2 Å². The third-order valence-electron chi connectivity index (χ3n) is 6.51. The van der Waals surface area contributed by atoms with Crippen molar-refractivity contribution < 1.29 is 9.53 Å². The van der Waals surface area contributed by atoms with E-state index in [1.165, 1.54) is 44.1 Å². The maximum Gasteiger partial charge on any atom is 0.338 e. The van der Waals surface area contributed by atoms with Crippen LogP contribution in [0.4, 0.5) is 5.69 Å². The molecule has 3 heteroatoms. The Morgan fingerprint density at radius 3 is 2.16 bits per heavy atom. The van der Waals surface area contributed by atoms with Gasteiger partial charge >= 0.3 is 5.97 Å². The van der Waals surface area contributed by atoms with E-state index in [2.05, 4.69) is 6.07 Å². The minimum Gasteiger partial charge on any atom is -0.456 e. The fourth-order valence-corrected chi connectivity index (χ4v) is 6.13. The molecule has 136 valence electrons. The topological polar surface area (TPSA) is 52.3 Å². The molecule has 0 aromatic heterocycles. The van der Waals surface area contributed by atoms with Gasteiger partial charge in [0.1, 0.15) is 5.60 Å². The van der Waals surface area contributed by atoms with Gasteiger partial charge in [-0.1, -0.05) is 6.07 Å². The van der Waals surface area contributed by atoms with Gasteiger partial charge in [-0.05, 0) is 107 Å². The number of benzene rings is 1. The summed E-state index contributed by atoms with van der Waals surface area (Å²) < 4.78 is 5.46. The van der Waals surface area contributed by atoms with Crippen LogP contribution in [0.25, 0.3) is 0 Å². The highest BCUT2D eigenvalue weighted by Gasteiger charge is 2.50. The smallest absolute Gasteiger partial charge is 0.338 e. The summed E-state index contributed by atoms with van der Waals surface area (Å²) in [6.07, 6.45) is 9.62. The van der Waals surface area contributed by atoms with Crippen LogP contribution in [0.2, 0.25) is 0 Å². The molecule has 1 aromatic carbocycles. The lowest BCUT2D eigenvalue weighted by molar-refractivity contribution is -0.0521. The monoisotopic (exact) mass is 341 g/mol. The van der Waals surface area contributed by atoms with Crippen molar-refractivity contribution in [2.24, 2.45) is 23.2 Å². The van der Waals surface area contributed by atoms with Crippen molar-refractivity contribution in [2.75, 3.05) is 5.73 Å². The van der Waals surface area contributed by atoms with Crippen LogP contribution in [0.15, 0.2) is 18.2 Å². The summed E-state index contributed by atoms with van der Waals surface area (Å²) >= 11 is 0. The van der Waals surface area contributed by atoms with E-state index in [0.29, 0.717) is 11.0 Å². The van der Waals surface area contributed by atoms with Gasteiger partial charge in [0.25, 0.3) is 0 Å². The Labute approximate surface area is 151 Å². The summed E-state index contributed by atoms with van der Waals surface area (Å²) in [5.41, 5.74) is 8.85. The lowest BCUT2D eigenvalue weighted by atomic mass is 9.48. The third kappa shape index (κ3) is 3.43. The van der Waals surface area contributed by atoms with Crippen LogP contribution in [0.3, 0.4) is 0 Å². The Morgan fingerprint density at radius 2 is 1.68 bits per heavy atom. The first-order chi connectivity index (χ1) is 11.7. The van der Waals surface area contributed by atoms with Gasteiger partial charge in [-0.15, -0.1) is 0 Å². The van der Waals surface area contributed by atoms with Crippen molar-refractivity contribution in [3.05, 3.63) is 29.3 Å². The molecule has 0 heterocycles. The molecule has 0 saturated heterocycles. The molecule has 0 radical (unpaired) electrons. The number of anilines is 1. The van der Waals surface area contributed by atoms with Crippen LogP contribution < -0.4 is 5.73 Å². The first-order valence-corrected chi connectivity index (χ1v) is 9.83. The van der Waals surface area contributed by atoms with E-state index in [0.717, 1.165) is 29.9 Å². The summed E-state index contributed by atoms with van der Waals surface area (Å²) in [6.45, 7) is 5.65. The van der Waals surface area contributed by atoms with Crippen molar-refractivity contribution in [3.63, 3.8) is 0 Å². The Morgan fingerprint density at radius 1 is 1.12 bits per heavy atom. The van der Waals surface area contributed by atoms with Gasteiger partial charge in [0.2, 0.25) is 0 Å². The number of hydrogen-bond acceptors (Lipinski definition) is 3. The predicted octanol–water partition coefficient (Wildman–Crippen LogP) is 4.98. The van der Waals surface area contributed by atoms with Crippen LogP contribution in [0.5, 0.6) is 0 Å². The standard InChI is InChI=1S/C22H31NO2/c1-21(2,3)25-20(24)17-4-5-18(19(23)9-17)13-22-10-14-6-15(11-22)8-16(7-14)12-22/h4-5,9,14-16H,6-8,10-13,23H2,1-3H3. The fraction of sp³-hybridized carbons (Fsp3) is 0.682. The van der Waals surface area contributed by atoms with E-state index in [-0.39, 0.29) is 5.97 Å². The van der Waals surface area contributed by atoms with Crippen molar-refractivity contribution in [3.8, 4) is 0 Å². The quantitative estimate of drug-likeness (QED) is 0.623. The molecule has 0 spiro atoms. The molecule has 4 saturated carbocycles. The Balaban J connectivity index is 1.51. The zero-order valence-electron chi connectivity index (χ0n) is 15.8. The number of hydrogen-bond donors (Lipinski definition) is 1. The molecule has 4 aliphatic carbocycles. The van der Waals surface area contributed by atoms with Crippen LogP contribution in [-0.4, -0.2) is 11.6 Å². The molecular weight excluding hydrogens is 310 g/mol.